The molecule has 10 heteroatoms. The van der Waals surface area contributed by atoms with Gasteiger partial charge in [-0.25, -0.2) is 8.42 Å². The van der Waals surface area contributed by atoms with Gasteiger partial charge >= 0.3 is 0 Å². The summed E-state index contributed by atoms with van der Waals surface area (Å²) in [5.41, 5.74) is 1.93. The van der Waals surface area contributed by atoms with Crippen molar-refractivity contribution in [2.75, 3.05) is 37.7 Å². The number of ether oxygens (including phenoxy) is 1. The van der Waals surface area contributed by atoms with Crippen molar-refractivity contribution < 1.29 is 27.5 Å². The number of rotatable bonds is 4. The molecule has 3 aliphatic heterocycles. The third-order valence-corrected chi connectivity index (χ3v) is 8.29. The Morgan fingerprint density at radius 3 is 2.24 bits per heavy atom. The van der Waals surface area contributed by atoms with Gasteiger partial charge in [0.15, 0.2) is 0 Å². The van der Waals surface area contributed by atoms with E-state index in [-0.39, 0.29) is 10.8 Å². The topological polar surface area (TPSA) is 104 Å². The van der Waals surface area contributed by atoms with Crippen LogP contribution in [0.1, 0.15) is 33.2 Å². The van der Waals surface area contributed by atoms with E-state index in [1.165, 1.54) is 15.3 Å². The van der Waals surface area contributed by atoms with Crippen molar-refractivity contribution in [3.05, 3.63) is 59.2 Å². The summed E-state index contributed by atoms with van der Waals surface area (Å²) in [6.07, 6.45) is 0.488. The Hall–Kier alpha value is -3.08. The fourth-order valence-electron chi connectivity index (χ4n) is 4.60. The second-order valence-corrected chi connectivity index (χ2v) is 10.2. The zero-order chi connectivity index (χ0) is 23.3. The van der Waals surface area contributed by atoms with E-state index in [4.69, 9.17) is 4.74 Å². The van der Waals surface area contributed by atoms with Gasteiger partial charge in [-0.15, -0.1) is 0 Å². The Balaban J connectivity index is 1.38. The first kappa shape index (κ1) is 21.7. The molecule has 2 aromatic carbocycles. The molecule has 1 unspecified atom stereocenters. The van der Waals surface area contributed by atoms with Crippen LogP contribution >= 0.6 is 0 Å². The minimum atomic E-state index is -3.64. The molecule has 0 aromatic heterocycles. The summed E-state index contributed by atoms with van der Waals surface area (Å²) in [7, 11) is -3.64. The van der Waals surface area contributed by atoms with Gasteiger partial charge in [-0.1, -0.05) is 12.1 Å². The molecule has 0 spiro atoms. The minimum absolute atomic E-state index is 0.186. The van der Waals surface area contributed by atoms with Crippen molar-refractivity contribution in [3.8, 4) is 0 Å². The van der Waals surface area contributed by atoms with E-state index in [2.05, 4.69) is 0 Å². The molecule has 3 heterocycles. The lowest BCUT2D eigenvalue weighted by Gasteiger charge is -2.27. The highest BCUT2D eigenvalue weighted by atomic mass is 32.2. The summed E-state index contributed by atoms with van der Waals surface area (Å²) in [6, 6.07) is 10.3. The highest BCUT2D eigenvalue weighted by Crippen LogP contribution is 2.33. The van der Waals surface area contributed by atoms with Crippen LogP contribution < -0.4 is 4.90 Å². The number of hydrogen-bond donors (Lipinski definition) is 0. The fraction of sp³-hybridized carbons (Fsp3) is 0.348. The molecule has 0 radical (unpaired) electrons. The van der Waals surface area contributed by atoms with Crippen LogP contribution in [0.25, 0.3) is 0 Å². The predicted molar refractivity (Wildman–Crippen MR) is 118 cm³/mol. The molecule has 0 saturated carbocycles. The number of anilines is 1. The van der Waals surface area contributed by atoms with Gasteiger partial charge in [0, 0.05) is 25.3 Å². The van der Waals surface area contributed by atoms with E-state index in [9.17, 15) is 22.8 Å². The number of amides is 3. The molecule has 5 rings (SSSR count). The van der Waals surface area contributed by atoms with E-state index in [0.717, 1.165) is 10.5 Å². The SMILES string of the molecule is CC(C(=O)N1CCc2cc(S(=O)(=O)N3CCOCC3)ccc21)N1C(=O)c2ccccc2C1=O. The summed E-state index contributed by atoms with van der Waals surface area (Å²) in [5.74, 6) is -1.35. The molecule has 1 saturated heterocycles. The molecule has 0 N–H and O–H groups in total. The summed E-state index contributed by atoms with van der Waals surface area (Å²) >= 11 is 0. The van der Waals surface area contributed by atoms with Gasteiger partial charge in [0.05, 0.1) is 29.2 Å². The van der Waals surface area contributed by atoms with Gasteiger partial charge in [0.2, 0.25) is 15.9 Å². The first-order valence-corrected chi connectivity index (χ1v) is 12.2. The number of fused-ring (bicyclic) bond motifs is 2. The van der Waals surface area contributed by atoms with Crippen molar-refractivity contribution in [1.82, 2.24) is 9.21 Å². The number of sulfonamides is 1. The molecule has 3 aliphatic rings. The molecule has 9 nitrogen and oxygen atoms in total. The van der Waals surface area contributed by atoms with E-state index in [0.29, 0.717) is 56.1 Å². The maximum atomic E-state index is 13.3. The molecular weight excluding hydrogens is 446 g/mol. The van der Waals surface area contributed by atoms with Gasteiger partial charge in [0.25, 0.3) is 11.8 Å². The molecule has 3 amide bonds. The summed E-state index contributed by atoms with van der Waals surface area (Å²) in [4.78, 5) is 41.6. The van der Waals surface area contributed by atoms with Crippen LogP contribution in [0, 0.1) is 0 Å². The van der Waals surface area contributed by atoms with Crippen LogP contribution in [0.4, 0.5) is 5.69 Å². The highest BCUT2D eigenvalue weighted by molar-refractivity contribution is 7.89. The number of morpholine rings is 1. The number of imide groups is 1. The number of benzene rings is 2. The number of hydrogen-bond acceptors (Lipinski definition) is 6. The monoisotopic (exact) mass is 469 g/mol. The van der Waals surface area contributed by atoms with Gasteiger partial charge in [-0.2, -0.15) is 4.31 Å². The molecule has 0 bridgehead atoms. The first-order chi connectivity index (χ1) is 15.8. The Labute approximate surface area is 191 Å². The van der Waals surface area contributed by atoms with E-state index >= 15 is 0 Å². The average Bonchev–Trinajstić information content (AvgIpc) is 3.37. The van der Waals surface area contributed by atoms with Crippen LogP contribution in [0.2, 0.25) is 0 Å². The first-order valence-electron chi connectivity index (χ1n) is 10.8. The van der Waals surface area contributed by atoms with Gasteiger partial charge in [-0.05, 0) is 49.2 Å². The molecule has 1 atom stereocenters. The highest BCUT2D eigenvalue weighted by Gasteiger charge is 2.43. The van der Waals surface area contributed by atoms with E-state index < -0.39 is 27.9 Å². The maximum absolute atomic E-state index is 13.3. The fourth-order valence-corrected chi connectivity index (χ4v) is 6.06. The van der Waals surface area contributed by atoms with Crippen LogP contribution in [0.15, 0.2) is 47.4 Å². The molecule has 33 heavy (non-hydrogen) atoms. The van der Waals surface area contributed by atoms with E-state index in [1.54, 1.807) is 43.3 Å². The largest absolute Gasteiger partial charge is 0.379 e. The molecule has 172 valence electrons. The van der Waals surface area contributed by atoms with Crippen molar-refractivity contribution in [2.24, 2.45) is 0 Å². The molecular formula is C23H23N3O6S. The van der Waals surface area contributed by atoms with Crippen molar-refractivity contribution in [3.63, 3.8) is 0 Å². The lowest BCUT2D eigenvalue weighted by molar-refractivity contribution is -0.121. The van der Waals surface area contributed by atoms with Crippen LogP contribution in [-0.2, 0) is 26.0 Å². The Morgan fingerprint density at radius 1 is 0.970 bits per heavy atom. The maximum Gasteiger partial charge on any atom is 0.262 e. The summed E-state index contributed by atoms with van der Waals surface area (Å²) < 4.78 is 32.6. The van der Waals surface area contributed by atoms with Crippen molar-refractivity contribution >= 4 is 33.4 Å². The number of nitrogens with zero attached hydrogens (tertiary/aromatic N) is 3. The lowest BCUT2D eigenvalue weighted by atomic mass is 10.1. The van der Waals surface area contributed by atoms with E-state index in [1.807, 2.05) is 0 Å². The van der Waals surface area contributed by atoms with Gasteiger partial charge in [0.1, 0.15) is 6.04 Å². The molecule has 2 aromatic rings. The van der Waals surface area contributed by atoms with Crippen LogP contribution in [0.5, 0.6) is 0 Å². The standard InChI is InChI=1S/C23H23N3O6S/c1-15(26-22(28)18-4-2-3-5-19(18)23(26)29)21(27)25-9-8-16-14-17(6-7-20(16)25)33(30,31)24-10-12-32-13-11-24/h2-7,14-15H,8-13H2,1H3. The van der Waals surface area contributed by atoms with Crippen molar-refractivity contribution in [2.45, 2.75) is 24.3 Å². The quantitative estimate of drug-likeness (QED) is 0.625. The zero-order valence-electron chi connectivity index (χ0n) is 18.1. The minimum Gasteiger partial charge on any atom is -0.379 e. The second-order valence-electron chi connectivity index (χ2n) is 8.25. The number of carbonyl (C=O) groups is 3. The summed E-state index contributed by atoms with van der Waals surface area (Å²) in [6.45, 7) is 3.23. The van der Waals surface area contributed by atoms with Crippen LogP contribution in [0.3, 0.4) is 0 Å². The predicted octanol–water partition coefficient (Wildman–Crippen LogP) is 1.28. The second kappa shape index (κ2) is 8.05. The normalized spacial score (nSPS) is 19.5. The molecule has 0 aliphatic carbocycles. The third kappa shape index (κ3) is 3.45. The Morgan fingerprint density at radius 2 is 1.61 bits per heavy atom. The average molecular weight is 470 g/mol. The zero-order valence-corrected chi connectivity index (χ0v) is 18.9. The van der Waals surface area contributed by atoms with Gasteiger partial charge in [-0.3, -0.25) is 19.3 Å². The Kier molecular flexibility index (Phi) is 5.31. The molecule has 1 fully saturated rings. The van der Waals surface area contributed by atoms with Crippen molar-refractivity contribution in [1.29, 1.82) is 0 Å². The Bertz CT molecular complexity index is 1230. The third-order valence-electron chi connectivity index (χ3n) is 6.39. The smallest absolute Gasteiger partial charge is 0.262 e. The van der Waals surface area contributed by atoms with Gasteiger partial charge < -0.3 is 9.64 Å². The lowest BCUT2D eigenvalue weighted by Crippen LogP contribution is -2.49. The summed E-state index contributed by atoms with van der Waals surface area (Å²) in [5, 5.41) is 0. The van der Waals surface area contributed by atoms with Crippen LogP contribution in [-0.4, -0.2) is 74.2 Å². The number of carbonyl (C=O) groups excluding carboxylic acids is 3.